The Labute approximate surface area is 82.4 Å². The van der Waals surface area contributed by atoms with Crippen molar-refractivity contribution in [2.45, 2.75) is 6.43 Å². The first-order valence-corrected chi connectivity index (χ1v) is 4.42. The van der Waals surface area contributed by atoms with Crippen molar-refractivity contribution in [3.63, 3.8) is 0 Å². The van der Waals surface area contributed by atoms with Crippen LogP contribution in [0.3, 0.4) is 0 Å². The van der Waals surface area contributed by atoms with Gasteiger partial charge in [0.1, 0.15) is 0 Å². The molecule has 1 rings (SSSR count). The third kappa shape index (κ3) is 3.66. The summed E-state index contributed by atoms with van der Waals surface area (Å²) in [6.07, 6.45) is -2.31. The van der Waals surface area contributed by atoms with E-state index in [4.69, 9.17) is 0 Å². The molecule has 0 radical (unpaired) electrons. The third-order valence-corrected chi connectivity index (χ3v) is 1.82. The second kappa shape index (κ2) is 5.50. The van der Waals surface area contributed by atoms with E-state index in [-0.39, 0.29) is 6.54 Å². The van der Waals surface area contributed by atoms with Gasteiger partial charge in [0, 0.05) is 6.54 Å². The van der Waals surface area contributed by atoms with Crippen molar-refractivity contribution < 1.29 is 8.78 Å². The Balaban J connectivity index is 2.36. The van der Waals surface area contributed by atoms with E-state index in [2.05, 4.69) is 11.9 Å². The molecule has 3 heteroatoms. The Bertz CT molecular complexity index is 283. The van der Waals surface area contributed by atoms with E-state index < -0.39 is 6.43 Å². The van der Waals surface area contributed by atoms with Gasteiger partial charge in [-0.1, -0.05) is 36.9 Å². The number of hydrogen-bond acceptors (Lipinski definition) is 1. The summed E-state index contributed by atoms with van der Waals surface area (Å²) < 4.78 is 23.6. The predicted molar refractivity (Wildman–Crippen MR) is 54.3 cm³/mol. The lowest BCUT2D eigenvalue weighted by Gasteiger charge is -2.07. The Hall–Kier alpha value is -1.22. The van der Waals surface area contributed by atoms with E-state index >= 15 is 0 Å². The Morgan fingerprint density at radius 3 is 2.50 bits per heavy atom. The van der Waals surface area contributed by atoms with E-state index in [1.54, 1.807) is 0 Å². The van der Waals surface area contributed by atoms with Gasteiger partial charge in [-0.3, -0.25) is 0 Å². The smallest absolute Gasteiger partial charge is 0.250 e. The largest absolute Gasteiger partial charge is 0.307 e. The molecule has 0 amide bonds. The zero-order chi connectivity index (χ0) is 10.4. The van der Waals surface area contributed by atoms with Gasteiger partial charge in [0.2, 0.25) is 0 Å². The highest BCUT2D eigenvalue weighted by molar-refractivity contribution is 5.64. The molecule has 0 aromatic heterocycles. The van der Waals surface area contributed by atoms with Crippen LogP contribution in [0.2, 0.25) is 0 Å². The van der Waals surface area contributed by atoms with Crippen LogP contribution in [0.25, 0.3) is 5.57 Å². The first-order chi connectivity index (χ1) is 6.70. The second-order valence-electron chi connectivity index (χ2n) is 2.99. The molecule has 76 valence electrons. The topological polar surface area (TPSA) is 12.0 Å². The quantitative estimate of drug-likeness (QED) is 0.765. The molecular formula is C11H13F2N. The Kier molecular flexibility index (Phi) is 4.26. The molecule has 0 spiro atoms. The van der Waals surface area contributed by atoms with Crippen molar-refractivity contribution in [2.24, 2.45) is 0 Å². The van der Waals surface area contributed by atoms with Gasteiger partial charge in [-0.2, -0.15) is 0 Å². The van der Waals surface area contributed by atoms with Crippen LogP contribution in [-0.4, -0.2) is 19.5 Å². The zero-order valence-corrected chi connectivity index (χ0v) is 7.84. The van der Waals surface area contributed by atoms with E-state index in [0.717, 1.165) is 11.1 Å². The minimum absolute atomic E-state index is 0.286. The molecule has 0 saturated heterocycles. The second-order valence-corrected chi connectivity index (χ2v) is 2.99. The van der Waals surface area contributed by atoms with E-state index in [0.29, 0.717) is 6.54 Å². The average Bonchev–Trinajstić information content (AvgIpc) is 2.18. The molecule has 0 fully saturated rings. The Morgan fingerprint density at radius 2 is 1.93 bits per heavy atom. The molecule has 1 aromatic rings. The van der Waals surface area contributed by atoms with Crippen LogP contribution < -0.4 is 5.32 Å². The number of alkyl halides is 2. The van der Waals surface area contributed by atoms with Gasteiger partial charge in [-0.25, -0.2) is 8.78 Å². The van der Waals surface area contributed by atoms with Gasteiger partial charge in [0.05, 0.1) is 6.54 Å². The van der Waals surface area contributed by atoms with Gasteiger partial charge in [-0.05, 0) is 11.1 Å². The van der Waals surface area contributed by atoms with Crippen LogP contribution in [0.4, 0.5) is 8.78 Å². The average molecular weight is 197 g/mol. The van der Waals surface area contributed by atoms with Gasteiger partial charge in [0.25, 0.3) is 6.43 Å². The van der Waals surface area contributed by atoms with Crippen molar-refractivity contribution in [3.8, 4) is 0 Å². The first-order valence-electron chi connectivity index (χ1n) is 4.42. The van der Waals surface area contributed by atoms with Gasteiger partial charge in [-0.15, -0.1) is 0 Å². The van der Waals surface area contributed by atoms with Crippen molar-refractivity contribution in [3.05, 3.63) is 42.5 Å². The molecule has 0 heterocycles. The van der Waals surface area contributed by atoms with Crippen molar-refractivity contribution in [1.82, 2.24) is 5.32 Å². The summed E-state index contributed by atoms with van der Waals surface area (Å²) in [5.74, 6) is 0. The normalized spacial score (nSPS) is 10.5. The molecule has 0 unspecified atom stereocenters. The lowest BCUT2D eigenvalue weighted by atomic mass is 10.1. The highest BCUT2D eigenvalue weighted by Crippen LogP contribution is 2.09. The zero-order valence-electron chi connectivity index (χ0n) is 7.84. The van der Waals surface area contributed by atoms with Crippen LogP contribution in [0.1, 0.15) is 5.56 Å². The van der Waals surface area contributed by atoms with Crippen molar-refractivity contribution >= 4 is 5.57 Å². The summed E-state index contributed by atoms with van der Waals surface area (Å²) in [6.45, 7) is 3.93. The van der Waals surface area contributed by atoms with Gasteiger partial charge < -0.3 is 5.32 Å². The number of benzene rings is 1. The van der Waals surface area contributed by atoms with Gasteiger partial charge >= 0.3 is 0 Å². The van der Waals surface area contributed by atoms with Crippen LogP contribution in [0, 0.1) is 0 Å². The van der Waals surface area contributed by atoms with E-state index in [9.17, 15) is 8.78 Å². The lowest BCUT2D eigenvalue weighted by molar-refractivity contribution is 0.147. The number of nitrogens with one attached hydrogen (secondary N) is 1. The van der Waals surface area contributed by atoms with Crippen LogP contribution in [-0.2, 0) is 0 Å². The van der Waals surface area contributed by atoms with E-state index in [1.165, 1.54) is 0 Å². The fourth-order valence-corrected chi connectivity index (χ4v) is 1.11. The lowest BCUT2D eigenvalue weighted by Crippen LogP contribution is -2.22. The summed E-state index contributed by atoms with van der Waals surface area (Å²) in [5, 5.41) is 2.63. The molecule has 0 aliphatic heterocycles. The fourth-order valence-electron chi connectivity index (χ4n) is 1.11. The molecule has 0 saturated carbocycles. The summed E-state index contributed by atoms with van der Waals surface area (Å²) in [4.78, 5) is 0. The molecule has 1 N–H and O–H groups in total. The van der Waals surface area contributed by atoms with Gasteiger partial charge in [0.15, 0.2) is 0 Å². The molecule has 1 aromatic carbocycles. The fraction of sp³-hybridized carbons (Fsp3) is 0.273. The molecule has 0 aliphatic rings. The Morgan fingerprint density at radius 1 is 1.29 bits per heavy atom. The number of rotatable bonds is 5. The molecule has 1 nitrogen and oxygen atoms in total. The highest BCUT2D eigenvalue weighted by Gasteiger charge is 2.02. The maximum Gasteiger partial charge on any atom is 0.250 e. The molecule has 0 aliphatic carbocycles. The van der Waals surface area contributed by atoms with Crippen LogP contribution in [0.5, 0.6) is 0 Å². The molecule has 14 heavy (non-hydrogen) atoms. The predicted octanol–water partition coefficient (Wildman–Crippen LogP) is 2.55. The van der Waals surface area contributed by atoms with Crippen molar-refractivity contribution in [1.29, 1.82) is 0 Å². The minimum Gasteiger partial charge on any atom is -0.307 e. The first kappa shape index (κ1) is 10.9. The standard InChI is InChI=1S/C11H13F2N/c1-9(7-14-8-11(12)13)10-5-3-2-4-6-10/h2-6,11,14H,1,7-8H2. The summed E-state index contributed by atoms with van der Waals surface area (Å²) in [6, 6.07) is 9.52. The maximum atomic E-state index is 11.8. The summed E-state index contributed by atoms with van der Waals surface area (Å²) >= 11 is 0. The van der Waals surface area contributed by atoms with Crippen LogP contribution >= 0.6 is 0 Å². The molecule has 0 bridgehead atoms. The third-order valence-electron chi connectivity index (χ3n) is 1.82. The minimum atomic E-state index is -2.31. The van der Waals surface area contributed by atoms with E-state index in [1.807, 2.05) is 30.3 Å². The number of hydrogen-bond donors (Lipinski definition) is 1. The summed E-state index contributed by atoms with van der Waals surface area (Å²) in [5.41, 5.74) is 1.81. The molecular weight excluding hydrogens is 184 g/mol. The van der Waals surface area contributed by atoms with Crippen LogP contribution in [0.15, 0.2) is 36.9 Å². The summed E-state index contributed by atoms with van der Waals surface area (Å²) in [7, 11) is 0. The molecule has 0 atom stereocenters. The monoisotopic (exact) mass is 197 g/mol. The SMILES string of the molecule is C=C(CNCC(F)F)c1ccccc1. The highest BCUT2D eigenvalue weighted by atomic mass is 19.3. The maximum absolute atomic E-state index is 11.8. The van der Waals surface area contributed by atoms with Crippen molar-refractivity contribution in [2.75, 3.05) is 13.1 Å². The number of halogens is 2.